The van der Waals surface area contributed by atoms with E-state index in [0.717, 1.165) is 6.42 Å². The third-order valence-corrected chi connectivity index (χ3v) is 4.57. The van der Waals surface area contributed by atoms with Crippen LogP contribution in [0.4, 0.5) is 5.69 Å². The number of hydrogen-bond donors (Lipinski definition) is 3. The van der Waals surface area contributed by atoms with Crippen LogP contribution in [-0.4, -0.2) is 23.5 Å². The summed E-state index contributed by atoms with van der Waals surface area (Å²) in [6.45, 7) is 0. The fraction of sp³-hybridized carbons (Fsp3) is 0.462. The first-order chi connectivity index (χ1) is 8.76. The third-order valence-electron chi connectivity index (χ3n) is 3.40. The second-order valence-electron chi connectivity index (χ2n) is 4.47. The number of para-hydroxylation sites is 1. The van der Waals surface area contributed by atoms with E-state index in [2.05, 4.69) is 17.0 Å². The van der Waals surface area contributed by atoms with E-state index < -0.39 is 0 Å². The van der Waals surface area contributed by atoms with Crippen LogP contribution >= 0.6 is 11.8 Å². The Morgan fingerprint density at radius 1 is 1.39 bits per heavy atom. The minimum absolute atomic E-state index is 0.0468. The molecular weight excluding hydrogens is 246 g/mol. The van der Waals surface area contributed by atoms with E-state index >= 15 is 0 Å². The number of anilines is 1. The minimum atomic E-state index is -0.0468. The van der Waals surface area contributed by atoms with Crippen molar-refractivity contribution in [1.82, 2.24) is 5.32 Å². The van der Waals surface area contributed by atoms with Crippen molar-refractivity contribution in [2.45, 2.75) is 30.6 Å². The Hall–Kier alpha value is -1.20. The Morgan fingerprint density at radius 2 is 2.17 bits per heavy atom. The quantitative estimate of drug-likeness (QED) is 0.575. The molecular formula is C13H19N3OS. The zero-order valence-corrected chi connectivity index (χ0v) is 11.3. The van der Waals surface area contributed by atoms with Gasteiger partial charge in [0.25, 0.3) is 5.91 Å². The highest BCUT2D eigenvalue weighted by Crippen LogP contribution is 2.28. The van der Waals surface area contributed by atoms with Gasteiger partial charge in [0, 0.05) is 11.3 Å². The van der Waals surface area contributed by atoms with Crippen molar-refractivity contribution in [2.75, 3.05) is 11.7 Å². The summed E-state index contributed by atoms with van der Waals surface area (Å²) in [5, 5.41) is 3.65. The largest absolute Gasteiger partial charge is 0.348 e. The van der Waals surface area contributed by atoms with Gasteiger partial charge in [-0.05, 0) is 31.2 Å². The standard InChI is InChI=1S/C13H19N3OS/c1-18-12-8-4-7-11(12)15-13(17)9-5-2-3-6-10(9)16-14/h2-3,5-6,11-12,16H,4,7-8,14H2,1H3,(H,15,17). The van der Waals surface area contributed by atoms with Gasteiger partial charge in [-0.1, -0.05) is 18.6 Å². The summed E-state index contributed by atoms with van der Waals surface area (Å²) in [6, 6.07) is 7.56. The summed E-state index contributed by atoms with van der Waals surface area (Å²) >= 11 is 1.83. The average molecular weight is 265 g/mol. The lowest BCUT2D eigenvalue weighted by molar-refractivity contribution is 0.0939. The van der Waals surface area contributed by atoms with Crippen LogP contribution in [0, 0.1) is 0 Å². The number of benzene rings is 1. The van der Waals surface area contributed by atoms with Gasteiger partial charge in [0.15, 0.2) is 0 Å². The number of nitrogens with one attached hydrogen (secondary N) is 2. The SMILES string of the molecule is CSC1CCCC1NC(=O)c1ccccc1NN. The van der Waals surface area contributed by atoms with E-state index in [-0.39, 0.29) is 11.9 Å². The number of thioether (sulfide) groups is 1. The molecule has 4 nitrogen and oxygen atoms in total. The lowest BCUT2D eigenvalue weighted by Crippen LogP contribution is -2.39. The predicted octanol–water partition coefficient (Wildman–Crippen LogP) is 1.99. The van der Waals surface area contributed by atoms with Crippen molar-refractivity contribution >= 4 is 23.4 Å². The van der Waals surface area contributed by atoms with Crippen LogP contribution in [0.25, 0.3) is 0 Å². The minimum Gasteiger partial charge on any atom is -0.348 e. The van der Waals surface area contributed by atoms with Crippen molar-refractivity contribution in [3.8, 4) is 0 Å². The van der Waals surface area contributed by atoms with Crippen LogP contribution in [0.1, 0.15) is 29.6 Å². The molecule has 1 aliphatic rings. The summed E-state index contributed by atoms with van der Waals surface area (Å²) in [6.07, 6.45) is 5.54. The summed E-state index contributed by atoms with van der Waals surface area (Å²) in [5.41, 5.74) is 3.82. The highest BCUT2D eigenvalue weighted by molar-refractivity contribution is 7.99. The van der Waals surface area contributed by atoms with Crippen molar-refractivity contribution in [2.24, 2.45) is 5.84 Å². The second kappa shape index (κ2) is 6.11. The van der Waals surface area contributed by atoms with Crippen LogP contribution in [0.15, 0.2) is 24.3 Å². The monoisotopic (exact) mass is 265 g/mol. The molecule has 0 heterocycles. The van der Waals surface area contributed by atoms with E-state index in [4.69, 9.17) is 5.84 Å². The molecule has 2 rings (SSSR count). The smallest absolute Gasteiger partial charge is 0.253 e. The molecule has 1 fully saturated rings. The van der Waals surface area contributed by atoms with Gasteiger partial charge in [0.05, 0.1) is 11.3 Å². The fourth-order valence-corrected chi connectivity index (χ4v) is 3.36. The van der Waals surface area contributed by atoms with E-state index in [9.17, 15) is 4.79 Å². The van der Waals surface area contributed by atoms with Gasteiger partial charge in [-0.15, -0.1) is 0 Å². The fourth-order valence-electron chi connectivity index (χ4n) is 2.43. The van der Waals surface area contributed by atoms with Crippen molar-refractivity contribution in [3.63, 3.8) is 0 Å². The summed E-state index contributed by atoms with van der Waals surface area (Å²) in [4.78, 5) is 12.2. The average Bonchev–Trinajstić information content (AvgIpc) is 2.85. The number of carbonyl (C=O) groups excluding carboxylic acids is 1. The molecule has 4 N–H and O–H groups in total. The molecule has 1 saturated carbocycles. The van der Waals surface area contributed by atoms with Crippen molar-refractivity contribution < 1.29 is 4.79 Å². The maximum Gasteiger partial charge on any atom is 0.253 e. The lowest BCUT2D eigenvalue weighted by atomic mass is 10.1. The molecule has 0 spiro atoms. The van der Waals surface area contributed by atoms with E-state index in [1.807, 2.05) is 23.9 Å². The van der Waals surface area contributed by atoms with Crippen LogP contribution in [0.5, 0.6) is 0 Å². The first kappa shape index (κ1) is 13.2. The van der Waals surface area contributed by atoms with Gasteiger partial charge in [-0.2, -0.15) is 11.8 Å². The van der Waals surface area contributed by atoms with Crippen LogP contribution in [0.2, 0.25) is 0 Å². The number of nitrogen functional groups attached to an aromatic ring is 1. The van der Waals surface area contributed by atoms with Gasteiger partial charge in [0.2, 0.25) is 0 Å². The molecule has 0 aromatic heterocycles. The van der Waals surface area contributed by atoms with Crippen molar-refractivity contribution in [3.05, 3.63) is 29.8 Å². The van der Waals surface area contributed by atoms with Crippen LogP contribution in [-0.2, 0) is 0 Å². The number of hydrazine groups is 1. The number of hydrogen-bond acceptors (Lipinski definition) is 4. The zero-order valence-electron chi connectivity index (χ0n) is 10.5. The lowest BCUT2D eigenvalue weighted by Gasteiger charge is -2.20. The third kappa shape index (κ3) is 2.79. The molecule has 5 heteroatoms. The Labute approximate surface area is 112 Å². The zero-order chi connectivity index (χ0) is 13.0. The molecule has 1 amide bonds. The molecule has 98 valence electrons. The van der Waals surface area contributed by atoms with Gasteiger partial charge < -0.3 is 10.7 Å². The Kier molecular flexibility index (Phi) is 4.49. The van der Waals surface area contributed by atoms with Gasteiger partial charge in [0.1, 0.15) is 0 Å². The number of amides is 1. The molecule has 0 saturated heterocycles. The maximum atomic E-state index is 12.2. The number of carbonyl (C=O) groups is 1. The topological polar surface area (TPSA) is 67.2 Å². The normalized spacial score (nSPS) is 22.8. The number of rotatable bonds is 4. The van der Waals surface area contributed by atoms with Crippen molar-refractivity contribution in [1.29, 1.82) is 0 Å². The molecule has 1 aromatic carbocycles. The number of nitrogens with two attached hydrogens (primary N) is 1. The Balaban J connectivity index is 2.07. The summed E-state index contributed by atoms with van der Waals surface area (Å²) in [7, 11) is 0. The Bertz CT molecular complexity index is 424. The van der Waals surface area contributed by atoms with Gasteiger partial charge in [-0.25, -0.2) is 0 Å². The first-order valence-electron chi connectivity index (χ1n) is 6.15. The molecule has 1 aromatic rings. The maximum absolute atomic E-state index is 12.2. The predicted molar refractivity (Wildman–Crippen MR) is 76.7 cm³/mol. The molecule has 2 atom stereocenters. The van der Waals surface area contributed by atoms with Gasteiger partial charge in [-0.3, -0.25) is 10.6 Å². The van der Waals surface area contributed by atoms with E-state index in [0.29, 0.717) is 16.5 Å². The van der Waals surface area contributed by atoms with Crippen LogP contribution in [0.3, 0.4) is 0 Å². The van der Waals surface area contributed by atoms with Gasteiger partial charge >= 0.3 is 0 Å². The molecule has 2 unspecified atom stereocenters. The molecule has 0 bridgehead atoms. The molecule has 1 aliphatic carbocycles. The summed E-state index contributed by atoms with van der Waals surface area (Å²) < 4.78 is 0. The summed E-state index contributed by atoms with van der Waals surface area (Å²) in [5.74, 6) is 5.37. The molecule has 18 heavy (non-hydrogen) atoms. The van der Waals surface area contributed by atoms with Crippen LogP contribution < -0.4 is 16.6 Å². The van der Waals surface area contributed by atoms with E-state index in [1.54, 1.807) is 12.1 Å². The Morgan fingerprint density at radius 3 is 2.89 bits per heavy atom. The highest BCUT2D eigenvalue weighted by Gasteiger charge is 2.28. The molecule has 0 radical (unpaired) electrons. The second-order valence-corrected chi connectivity index (χ2v) is 5.55. The highest BCUT2D eigenvalue weighted by atomic mass is 32.2. The first-order valence-corrected chi connectivity index (χ1v) is 7.44. The van der Waals surface area contributed by atoms with E-state index in [1.165, 1.54) is 12.8 Å². The molecule has 0 aliphatic heterocycles.